The molecule has 3 aromatic rings. The summed E-state index contributed by atoms with van der Waals surface area (Å²) in [7, 11) is 1.73. The fourth-order valence-corrected chi connectivity index (χ4v) is 4.80. The maximum Gasteiger partial charge on any atom is 0.277 e. The van der Waals surface area contributed by atoms with Crippen molar-refractivity contribution in [3.8, 4) is 5.75 Å². The van der Waals surface area contributed by atoms with Gasteiger partial charge in [0.05, 0.1) is 6.04 Å². The maximum absolute atomic E-state index is 13.2. The van der Waals surface area contributed by atoms with Gasteiger partial charge in [-0.2, -0.15) is 0 Å². The lowest BCUT2D eigenvalue weighted by molar-refractivity contribution is 0.0612. The van der Waals surface area contributed by atoms with Gasteiger partial charge < -0.3 is 10.0 Å². The lowest BCUT2D eigenvalue weighted by Gasteiger charge is -2.49. The Morgan fingerprint density at radius 3 is 2.36 bits per heavy atom. The zero-order valence-electron chi connectivity index (χ0n) is 19.4. The Hall–Kier alpha value is -3.54. The number of rotatable bonds is 7. The van der Waals surface area contributed by atoms with Crippen molar-refractivity contribution in [3.63, 3.8) is 0 Å². The van der Waals surface area contributed by atoms with E-state index in [1.807, 2.05) is 31.2 Å². The lowest BCUT2D eigenvalue weighted by atomic mass is 9.91. The lowest BCUT2D eigenvalue weighted by Crippen LogP contribution is -2.61. The molecule has 33 heavy (non-hydrogen) atoms. The molecular weight excluding hydrogens is 414 g/mol. The minimum Gasteiger partial charge on any atom is -0.502 e. The number of hydrogen-bond acceptors (Lipinski definition) is 4. The first kappa shape index (κ1) is 22.6. The predicted octanol–water partition coefficient (Wildman–Crippen LogP) is 4.45. The number of pyridine rings is 1. The fourth-order valence-electron chi connectivity index (χ4n) is 4.80. The minimum absolute atomic E-state index is 0.00155. The van der Waals surface area contributed by atoms with Crippen LogP contribution in [0.4, 0.5) is 0 Å². The number of fused-ring (bicyclic) bond motifs is 1. The molecule has 0 unspecified atom stereocenters. The Morgan fingerprint density at radius 2 is 1.67 bits per heavy atom. The van der Waals surface area contributed by atoms with E-state index < -0.39 is 11.2 Å². The van der Waals surface area contributed by atoms with E-state index in [0.717, 1.165) is 30.4 Å². The number of nitrogens with zero attached hydrogens (tertiary/aromatic N) is 3. The van der Waals surface area contributed by atoms with Crippen LogP contribution in [0.5, 0.6) is 5.75 Å². The summed E-state index contributed by atoms with van der Waals surface area (Å²) in [5.74, 6) is -0.876. The summed E-state index contributed by atoms with van der Waals surface area (Å²) < 4.78 is 1.68. The standard InChI is InChI=1S/C27H31N3O3/c1-4-6-12-19-13-10-11-16-21(19)24(20-14-8-7-9-15-20)30-23(5-2)28(3)27(33)25-26(32)22(31)17-18-29(25)30/h7-11,13-18,23-24,32H,4-6,12H2,1-3H3/t23-,24+/m1/s1. The van der Waals surface area contributed by atoms with Crippen LogP contribution >= 0.6 is 0 Å². The maximum atomic E-state index is 13.2. The summed E-state index contributed by atoms with van der Waals surface area (Å²) in [6.45, 7) is 4.23. The first-order chi connectivity index (χ1) is 16.0. The van der Waals surface area contributed by atoms with Crippen molar-refractivity contribution in [2.75, 3.05) is 12.1 Å². The van der Waals surface area contributed by atoms with Gasteiger partial charge >= 0.3 is 0 Å². The molecule has 1 N–H and O–H groups in total. The third-order valence-corrected chi connectivity index (χ3v) is 6.47. The van der Waals surface area contributed by atoms with Gasteiger partial charge in [-0.1, -0.05) is 74.9 Å². The Labute approximate surface area is 194 Å². The van der Waals surface area contributed by atoms with Crippen LogP contribution in [-0.4, -0.2) is 33.8 Å². The van der Waals surface area contributed by atoms with Crippen molar-refractivity contribution in [3.05, 3.63) is 99.5 Å². The average Bonchev–Trinajstić information content (AvgIpc) is 2.84. The molecule has 0 saturated carbocycles. The van der Waals surface area contributed by atoms with Gasteiger partial charge in [0.1, 0.15) is 6.17 Å². The van der Waals surface area contributed by atoms with Crippen molar-refractivity contribution in [1.29, 1.82) is 0 Å². The number of hydrogen-bond donors (Lipinski definition) is 1. The molecule has 0 saturated heterocycles. The summed E-state index contributed by atoms with van der Waals surface area (Å²) in [6.07, 6.45) is 5.15. The quantitative estimate of drug-likeness (QED) is 0.584. The zero-order chi connectivity index (χ0) is 23.5. The van der Waals surface area contributed by atoms with Crippen molar-refractivity contribution >= 4 is 5.91 Å². The minimum atomic E-state index is -0.558. The molecule has 1 amide bonds. The molecule has 6 nitrogen and oxygen atoms in total. The normalized spacial score (nSPS) is 16.6. The molecule has 2 atom stereocenters. The number of aryl methyl sites for hydroxylation is 1. The van der Waals surface area contributed by atoms with Crippen molar-refractivity contribution in [2.24, 2.45) is 0 Å². The summed E-state index contributed by atoms with van der Waals surface area (Å²) in [6, 6.07) is 19.7. The topological polar surface area (TPSA) is 65.8 Å². The number of carbonyl (C=O) groups excluding carboxylic acids is 1. The Bertz CT molecular complexity index is 1190. The third kappa shape index (κ3) is 4.01. The number of aromatic hydroxyl groups is 1. The van der Waals surface area contributed by atoms with Gasteiger partial charge in [0.15, 0.2) is 11.4 Å². The molecule has 1 aromatic heterocycles. The average molecular weight is 446 g/mol. The highest BCUT2D eigenvalue weighted by Gasteiger charge is 2.41. The molecule has 0 fully saturated rings. The summed E-state index contributed by atoms with van der Waals surface area (Å²) in [4.78, 5) is 27.0. The van der Waals surface area contributed by atoms with Crippen LogP contribution in [-0.2, 0) is 6.42 Å². The van der Waals surface area contributed by atoms with Crippen LogP contribution in [0.3, 0.4) is 0 Å². The molecule has 172 valence electrons. The molecule has 1 aliphatic rings. The first-order valence-corrected chi connectivity index (χ1v) is 11.6. The Morgan fingerprint density at radius 1 is 0.970 bits per heavy atom. The highest BCUT2D eigenvalue weighted by atomic mass is 16.3. The van der Waals surface area contributed by atoms with Gasteiger partial charge in [-0.15, -0.1) is 0 Å². The Kier molecular flexibility index (Phi) is 6.54. The molecule has 2 heterocycles. The van der Waals surface area contributed by atoms with E-state index in [4.69, 9.17) is 0 Å². The summed E-state index contributed by atoms with van der Waals surface area (Å²) in [5, 5.41) is 12.7. The van der Waals surface area contributed by atoms with E-state index in [0.29, 0.717) is 6.42 Å². The number of carbonyl (C=O) groups is 1. The fraction of sp³-hybridized carbons (Fsp3) is 0.333. The van der Waals surface area contributed by atoms with Crippen LogP contribution in [0.2, 0.25) is 0 Å². The van der Waals surface area contributed by atoms with E-state index in [2.05, 4.69) is 42.3 Å². The number of unbranched alkanes of at least 4 members (excludes halogenated alkanes) is 1. The Balaban J connectivity index is 2.00. The smallest absolute Gasteiger partial charge is 0.277 e. The second-order valence-corrected chi connectivity index (χ2v) is 8.52. The van der Waals surface area contributed by atoms with Crippen LogP contribution in [0, 0.1) is 0 Å². The number of amides is 1. The summed E-state index contributed by atoms with van der Waals surface area (Å²) >= 11 is 0. The highest BCUT2D eigenvalue weighted by Crippen LogP contribution is 2.36. The zero-order valence-corrected chi connectivity index (χ0v) is 19.4. The molecule has 0 spiro atoms. The van der Waals surface area contributed by atoms with E-state index in [1.54, 1.807) is 22.8 Å². The van der Waals surface area contributed by atoms with Crippen LogP contribution in [0.15, 0.2) is 71.7 Å². The molecule has 4 rings (SSSR count). The van der Waals surface area contributed by atoms with Gasteiger partial charge in [0.25, 0.3) is 5.91 Å². The summed E-state index contributed by atoms with van der Waals surface area (Å²) in [5.41, 5.74) is 2.93. The van der Waals surface area contributed by atoms with E-state index in [-0.39, 0.29) is 23.8 Å². The monoisotopic (exact) mass is 445 g/mol. The molecule has 2 aromatic carbocycles. The van der Waals surface area contributed by atoms with E-state index in [1.165, 1.54) is 11.6 Å². The second kappa shape index (κ2) is 9.53. The first-order valence-electron chi connectivity index (χ1n) is 11.6. The molecule has 0 aliphatic carbocycles. The molecule has 0 bridgehead atoms. The predicted molar refractivity (Wildman–Crippen MR) is 130 cm³/mol. The molecule has 1 aliphatic heterocycles. The third-order valence-electron chi connectivity index (χ3n) is 6.47. The van der Waals surface area contributed by atoms with Crippen LogP contribution in [0.1, 0.15) is 66.3 Å². The van der Waals surface area contributed by atoms with Gasteiger partial charge in [0, 0.05) is 19.3 Å². The molecule has 0 radical (unpaired) electrons. The number of benzene rings is 2. The van der Waals surface area contributed by atoms with Gasteiger partial charge in [-0.3, -0.25) is 19.3 Å². The van der Waals surface area contributed by atoms with Gasteiger partial charge in [-0.05, 0) is 36.0 Å². The van der Waals surface area contributed by atoms with E-state index in [9.17, 15) is 14.7 Å². The van der Waals surface area contributed by atoms with Crippen molar-refractivity contribution in [2.45, 2.75) is 51.7 Å². The van der Waals surface area contributed by atoms with Gasteiger partial charge in [-0.25, -0.2) is 0 Å². The van der Waals surface area contributed by atoms with Crippen molar-refractivity contribution < 1.29 is 9.90 Å². The number of aromatic nitrogens is 1. The second-order valence-electron chi connectivity index (χ2n) is 8.52. The molecule has 6 heteroatoms. The SMILES string of the molecule is CCCCc1ccccc1[C@H](c1ccccc1)N1[C@H](CC)N(C)C(=O)c2c(O)c(=O)ccn21. The molecular formula is C27H31N3O3. The van der Waals surface area contributed by atoms with Gasteiger partial charge in [0.2, 0.25) is 5.43 Å². The van der Waals surface area contributed by atoms with Crippen LogP contribution in [0.25, 0.3) is 0 Å². The van der Waals surface area contributed by atoms with E-state index >= 15 is 0 Å². The highest BCUT2D eigenvalue weighted by molar-refractivity contribution is 5.96. The van der Waals surface area contributed by atoms with Crippen molar-refractivity contribution in [1.82, 2.24) is 9.58 Å². The van der Waals surface area contributed by atoms with Crippen LogP contribution < -0.4 is 10.4 Å². The largest absolute Gasteiger partial charge is 0.502 e.